The quantitative estimate of drug-likeness (QED) is 0.807. The van der Waals surface area contributed by atoms with E-state index in [4.69, 9.17) is 4.52 Å². The molecule has 27 heavy (non-hydrogen) atoms. The Hall–Kier alpha value is -2.70. The molecular weight excluding hydrogens is 344 g/mol. The molecule has 1 heterocycles. The van der Waals surface area contributed by atoms with Crippen LogP contribution in [0.1, 0.15) is 50.9 Å². The average Bonchev–Trinajstić information content (AvgIpc) is 3.05. The maximum atomic E-state index is 12.1. The van der Waals surface area contributed by atoms with E-state index >= 15 is 0 Å². The van der Waals surface area contributed by atoms with Gasteiger partial charge in [0.25, 0.3) is 0 Å². The third kappa shape index (κ3) is 6.51. The average molecular weight is 372 g/mol. The van der Waals surface area contributed by atoms with Gasteiger partial charge in [-0.3, -0.25) is 9.59 Å². The van der Waals surface area contributed by atoms with Gasteiger partial charge in [0.1, 0.15) is 0 Å². The molecule has 0 radical (unpaired) electrons. The van der Waals surface area contributed by atoms with Crippen molar-refractivity contribution in [2.75, 3.05) is 19.4 Å². The zero-order valence-corrected chi connectivity index (χ0v) is 16.7. The molecule has 1 aromatic carbocycles. The van der Waals surface area contributed by atoms with Crippen LogP contribution in [0.5, 0.6) is 0 Å². The number of carbonyl (C=O) groups is 2. The number of anilines is 1. The Balaban J connectivity index is 1.77. The number of likely N-dealkylation sites (N-methyl/N-ethyl adjacent to an activating group) is 1. The summed E-state index contributed by atoms with van der Waals surface area (Å²) in [4.78, 5) is 29.7. The zero-order chi connectivity index (χ0) is 20.0. The molecular formula is C20H28N4O3. The minimum atomic E-state index is -0.150. The number of nitrogens with one attached hydrogen (secondary N) is 1. The van der Waals surface area contributed by atoms with Crippen LogP contribution in [0.4, 0.5) is 5.69 Å². The second-order valence-corrected chi connectivity index (χ2v) is 7.83. The summed E-state index contributed by atoms with van der Waals surface area (Å²) in [5.74, 6) is 1.21. The molecule has 0 atom stereocenters. The Bertz CT molecular complexity index is 773. The predicted octanol–water partition coefficient (Wildman–Crippen LogP) is 2.96. The van der Waals surface area contributed by atoms with Crippen LogP contribution in [0.25, 0.3) is 0 Å². The van der Waals surface area contributed by atoms with Gasteiger partial charge in [-0.25, -0.2) is 0 Å². The fourth-order valence-corrected chi connectivity index (χ4v) is 2.32. The fraction of sp³-hybridized carbons (Fsp3) is 0.500. The number of amides is 2. The second kappa shape index (κ2) is 8.79. The fourth-order valence-electron chi connectivity index (χ4n) is 2.32. The first kappa shape index (κ1) is 20.6. The molecule has 0 aliphatic heterocycles. The predicted molar refractivity (Wildman–Crippen MR) is 103 cm³/mol. The number of nitrogens with zero attached hydrogens (tertiary/aromatic N) is 3. The third-order valence-corrected chi connectivity index (χ3v) is 4.03. The summed E-state index contributed by atoms with van der Waals surface area (Å²) in [6.45, 7) is 6.07. The van der Waals surface area contributed by atoms with E-state index in [0.717, 1.165) is 5.56 Å². The summed E-state index contributed by atoms with van der Waals surface area (Å²) in [5.41, 5.74) is 1.48. The van der Waals surface area contributed by atoms with E-state index < -0.39 is 0 Å². The number of carbonyl (C=O) groups excluding carboxylic acids is 2. The van der Waals surface area contributed by atoms with Gasteiger partial charge in [0.05, 0.1) is 6.42 Å². The van der Waals surface area contributed by atoms with Crippen molar-refractivity contribution in [3.63, 3.8) is 0 Å². The van der Waals surface area contributed by atoms with Crippen LogP contribution >= 0.6 is 0 Å². The first-order valence-electron chi connectivity index (χ1n) is 9.07. The summed E-state index contributed by atoms with van der Waals surface area (Å²) in [5, 5.41) is 6.84. The van der Waals surface area contributed by atoms with Crippen molar-refractivity contribution in [2.24, 2.45) is 0 Å². The van der Waals surface area contributed by atoms with Gasteiger partial charge < -0.3 is 14.7 Å². The standard InChI is InChI=1S/C20H28N4O3/c1-20(2,3)19-22-17(27-23-19)8-6-7-16(25)21-15-11-9-14(10-12-15)13-18(26)24(4)5/h9-12H,6-8,13H2,1-5H3,(H,21,25). The van der Waals surface area contributed by atoms with Crippen molar-refractivity contribution in [2.45, 2.75) is 51.9 Å². The van der Waals surface area contributed by atoms with E-state index in [1.807, 2.05) is 45.0 Å². The monoisotopic (exact) mass is 372 g/mol. The highest BCUT2D eigenvalue weighted by Gasteiger charge is 2.20. The van der Waals surface area contributed by atoms with Crippen LogP contribution in [-0.4, -0.2) is 41.0 Å². The molecule has 7 nitrogen and oxygen atoms in total. The summed E-state index contributed by atoms with van der Waals surface area (Å²) < 4.78 is 5.23. The van der Waals surface area contributed by atoms with Gasteiger partial charge >= 0.3 is 0 Å². The molecule has 0 saturated carbocycles. The van der Waals surface area contributed by atoms with Gasteiger partial charge in [0, 0.05) is 38.0 Å². The van der Waals surface area contributed by atoms with Crippen molar-refractivity contribution in [3.05, 3.63) is 41.5 Å². The molecule has 0 aliphatic rings. The molecule has 0 spiro atoms. The summed E-state index contributed by atoms with van der Waals surface area (Å²) in [6, 6.07) is 7.32. The lowest BCUT2D eigenvalue weighted by molar-refractivity contribution is -0.128. The van der Waals surface area contributed by atoms with E-state index in [1.165, 1.54) is 0 Å². The Morgan fingerprint density at radius 2 is 1.81 bits per heavy atom. The highest BCUT2D eigenvalue weighted by Crippen LogP contribution is 2.19. The van der Waals surface area contributed by atoms with Crippen LogP contribution in [0.15, 0.2) is 28.8 Å². The lowest BCUT2D eigenvalue weighted by Crippen LogP contribution is -2.23. The molecule has 2 rings (SSSR count). The summed E-state index contributed by atoms with van der Waals surface area (Å²) in [6.07, 6.45) is 1.92. The summed E-state index contributed by atoms with van der Waals surface area (Å²) in [7, 11) is 3.46. The van der Waals surface area contributed by atoms with E-state index in [0.29, 0.717) is 43.1 Å². The van der Waals surface area contributed by atoms with Crippen LogP contribution in [0, 0.1) is 0 Å². The molecule has 7 heteroatoms. The SMILES string of the molecule is CN(C)C(=O)Cc1ccc(NC(=O)CCCc2nc(C(C)(C)C)no2)cc1. The van der Waals surface area contributed by atoms with Gasteiger partial charge in [-0.15, -0.1) is 0 Å². The number of aromatic nitrogens is 2. The Kier molecular flexibility index (Phi) is 6.71. The lowest BCUT2D eigenvalue weighted by atomic mass is 9.96. The third-order valence-electron chi connectivity index (χ3n) is 4.03. The van der Waals surface area contributed by atoms with Crippen molar-refractivity contribution < 1.29 is 14.1 Å². The minimum Gasteiger partial charge on any atom is -0.349 e. The van der Waals surface area contributed by atoms with E-state index in [9.17, 15) is 9.59 Å². The maximum Gasteiger partial charge on any atom is 0.226 e. The number of aryl methyl sites for hydroxylation is 1. The van der Waals surface area contributed by atoms with Gasteiger partial charge in [-0.1, -0.05) is 38.1 Å². The molecule has 146 valence electrons. The number of hydrogen-bond donors (Lipinski definition) is 1. The smallest absolute Gasteiger partial charge is 0.226 e. The number of benzene rings is 1. The highest BCUT2D eigenvalue weighted by atomic mass is 16.5. The van der Waals surface area contributed by atoms with Crippen molar-refractivity contribution >= 4 is 17.5 Å². The second-order valence-electron chi connectivity index (χ2n) is 7.83. The Morgan fingerprint density at radius 1 is 1.15 bits per heavy atom. The van der Waals surface area contributed by atoms with Crippen LogP contribution in [0.3, 0.4) is 0 Å². The number of rotatable bonds is 7. The van der Waals surface area contributed by atoms with Crippen LogP contribution < -0.4 is 5.32 Å². The summed E-state index contributed by atoms with van der Waals surface area (Å²) >= 11 is 0. The van der Waals surface area contributed by atoms with Gasteiger partial charge in [-0.2, -0.15) is 4.98 Å². The first-order chi connectivity index (χ1) is 12.6. The lowest BCUT2D eigenvalue weighted by Gasteiger charge is -2.11. The van der Waals surface area contributed by atoms with Crippen molar-refractivity contribution in [3.8, 4) is 0 Å². The largest absolute Gasteiger partial charge is 0.349 e. The normalized spacial score (nSPS) is 11.3. The minimum absolute atomic E-state index is 0.0439. The first-order valence-corrected chi connectivity index (χ1v) is 9.07. The molecule has 1 N–H and O–H groups in total. The Morgan fingerprint density at radius 3 is 2.37 bits per heavy atom. The number of hydrogen-bond acceptors (Lipinski definition) is 5. The van der Waals surface area contributed by atoms with Gasteiger partial charge in [0.15, 0.2) is 5.82 Å². The molecule has 0 fully saturated rings. The van der Waals surface area contributed by atoms with Crippen molar-refractivity contribution in [1.29, 1.82) is 0 Å². The van der Waals surface area contributed by atoms with Crippen molar-refractivity contribution in [1.82, 2.24) is 15.0 Å². The van der Waals surface area contributed by atoms with E-state index in [2.05, 4.69) is 15.5 Å². The highest BCUT2D eigenvalue weighted by molar-refractivity contribution is 5.90. The molecule has 0 unspecified atom stereocenters. The molecule has 1 aromatic heterocycles. The molecule has 2 aromatic rings. The molecule has 0 bridgehead atoms. The maximum absolute atomic E-state index is 12.1. The molecule has 0 saturated heterocycles. The van der Waals surface area contributed by atoms with Gasteiger partial charge in [-0.05, 0) is 24.1 Å². The van der Waals surface area contributed by atoms with Crippen LogP contribution in [-0.2, 0) is 27.8 Å². The van der Waals surface area contributed by atoms with E-state index in [1.54, 1.807) is 19.0 Å². The zero-order valence-electron chi connectivity index (χ0n) is 16.7. The van der Waals surface area contributed by atoms with E-state index in [-0.39, 0.29) is 17.2 Å². The molecule has 2 amide bonds. The van der Waals surface area contributed by atoms with Gasteiger partial charge in [0.2, 0.25) is 17.7 Å². The van der Waals surface area contributed by atoms with Crippen LogP contribution in [0.2, 0.25) is 0 Å². The molecule has 0 aliphatic carbocycles. The Labute approximate surface area is 160 Å². The topological polar surface area (TPSA) is 88.3 Å².